The number of ether oxygens (including phenoxy) is 3. The highest BCUT2D eigenvalue weighted by Crippen LogP contribution is 2.32. The number of anilines is 2. The van der Waals surface area contributed by atoms with Gasteiger partial charge < -0.3 is 28.9 Å². The van der Waals surface area contributed by atoms with E-state index in [2.05, 4.69) is 23.6 Å². The van der Waals surface area contributed by atoms with Crippen LogP contribution in [0.2, 0.25) is 0 Å². The van der Waals surface area contributed by atoms with Crippen molar-refractivity contribution < 1.29 is 19.0 Å². The summed E-state index contributed by atoms with van der Waals surface area (Å²) < 4.78 is 16.8. The second kappa shape index (κ2) is 11.1. The molecule has 0 spiro atoms. The number of nitrogens with zero attached hydrogens (tertiary/aromatic N) is 6. The summed E-state index contributed by atoms with van der Waals surface area (Å²) in [6.45, 7) is 10.9. The number of aromatic nitrogens is 3. The lowest BCUT2D eigenvalue weighted by atomic mass is 10.0. The summed E-state index contributed by atoms with van der Waals surface area (Å²) in [5.41, 5.74) is 2.68. The minimum atomic E-state index is -0.0958. The molecule has 0 bridgehead atoms. The van der Waals surface area contributed by atoms with E-state index < -0.39 is 0 Å². The molecule has 0 N–H and O–H groups in total. The zero-order chi connectivity index (χ0) is 26.8. The van der Waals surface area contributed by atoms with E-state index in [1.54, 1.807) is 19.1 Å². The number of amides is 1. The van der Waals surface area contributed by atoms with Crippen LogP contribution in [0, 0.1) is 0 Å². The van der Waals surface area contributed by atoms with Gasteiger partial charge in [0.15, 0.2) is 5.65 Å². The molecule has 2 fully saturated rings. The number of morpholine rings is 2. The van der Waals surface area contributed by atoms with Gasteiger partial charge in [-0.3, -0.25) is 4.79 Å². The number of hydrogen-bond donors (Lipinski definition) is 0. The summed E-state index contributed by atoms with van der Waals surface area (Å²) >= 11 is 0. The van der Waals surface area contributed by atoms with Crippen LogP contribution < -0.4 is 14.5 Å². The van der Waals surface area contributed by atoms with E-state index >= 15 is 0 Å². The topological polar surface area (TPSA) is 93.2 Å². The lowest BCUT2D eigenvalue weighted by Crippen LogP contribution is -2.46. The van der Waals surface area contributed by atoms with Gasteiger partial charge in [0.05, 0.1) is 62.3 Å². The Labute approximate surface area is 223 Å². The van der Waals surface area contributed by atoms with Gasteiger partial charge in [0.1, 0.15) is 11.6 Å². The highest BCUT2D eigenvalue weighted by molar-refractivity contribution is 5.98. The number of fused-ring (bicyclic) bond motifs is 1. The minimum absolute atomic E-state index is 0.0958. The molecule has 0 aliphatic carbocycles. The molecule has 2 aliphatic heterocycles. The summed E-state index contributed by atoms with van der Waals surface area (Å²) in [7, 11) is 3.35. The Morgan fingerprint density at radius 2 is 1.74 bits per heavy atom. The second-order valence-electron chi connectivity index (χ2n) is 9.88. The van der Waals surface area contributed by atoms with Gasteiger partial charge in [0.2, 0.25) is 5.95 Å². The molecule has 2 atom stereocenters. The fraction of sp³-hybridized carbons (Fsp3) is 0.500. The van der Waals surface area contributed by atoms with Crippen LogP contribution in [0.5, 0.6) is 5.75 Å². The fourth-order valence-electron chi connectivity index (χ4n) is 4.94. The molecule has 4 heterocycles. The zero-order valence-electron chi connectivity index (χ0n) is 22.8. The lowest BCUT2D eigenvalue weighted by Gasteiger charge is -2.37. The minimum Gasteiger partial charge on any atom is -0.496 e. The molecule has 5 rings (SSSR count). The SMILES string of the molecule is CCN(C)C(=O)c1cc(-c2ccc3c(N4CCOC[C@@H]4C)nc(N4CCOC[C@@H]4C)nc3n2)ccc1OC. The molecule has 38 heavy (non-hydrogen) atoms. The first-order valence-corrected chi connectivity index (χ1v) is 13.2. The summed E-state index contributed by atoms with van der Waals surface area (Å²) in [6, 6.07) is 9.93. The van der Waals surface area contributed by atoms with Crippen LogP contribution in [0.1, 0.15) is 31.1 Å². The number of carbonyl (C=O) groups is 1. The molecular formula is C28H36N6O4. The number of pyridine rings is 1. The first kappa shape index (κ1) is 26.1. The average molecular weight is 521 g/mol. The molecule has 202 valence electrons. The van der Waals surface area contributed by atoms with E-state index in [-0.39, 0.29) is 18.0 Å². The summed E-state index contributed by atoms with van der Waals surface area (Å²) in [6.07, 6.45) is 0. The van der Waals surface area contributed by atoms with Crippen molar-refractivity contribution in [2.45, 2.75) is 32.9 Å². The standard InChI is InChI=1S/C28H36N6O4/c1-6-32(4)27(35)22-15-20(7-10-24(22)36-5)23-9-8-21-25(29-23)30-28(34-12-14-38-17-19(34)3)31-26(21)33-11-13-37-16-18(33)2/h7-10,15,18-19H,6,11-14,16-17H2,1-5H3/t18-,19-/m0/s1. The predicted octanol–water partition coefficient (Wildman–Crippen LogP) is 3.24. The fourth-order valence-corrected chi connectivity index (χ4v) is 4.94. The number of carbonyl (C=O) groups excluding carboxylic acids is 1. The Balaban J connectivity index is 1.63. The molecule has 0 radical (unpaired) electrons. The third-order valence-electron chi connectivity index (χ3n) is 7.34. The number of methoxy groups -OCH3 is 1. The van der Waals surface area contributed by atoms with E-state index in [0.29, 0.717) is 55.9 Å². The summed E-state index contributed by atoms with van der Waals surface area (Å²) in [5, 5.41) is 0.891. The van der Waals surface area contributed by atoms with Gasteiger partial charge in [-0.2, -0.15) is 9.97 Å². The van der Waals surface area contributed by atoms with E-state index in [9.17, 15) is 4.79 Å². The van der Waals surface area contributed by atoms with Gasteiger partial charge in [-0.1, -0.05) is 0 Å². The lowest BCUT2D eigenvalue weighted by molar-refractivity contribution is 0.0799. The largest absolute Gasteiger partial charge is 0.496 e. The van der Waals surface area contributed by atoms with Crippen LogP contribution in [0.3, 0.4) is 0 Å². The molecule has 2 saturated heterocycles. The first-order chi connectivity index (χ1) is 18.4. The van der Waals surface area contributed by atoms with Gasteiger partial charge in [-0.15, -0.1) is 0 Å². The molecule has 1 aromatic carbocycles. The molecule has 2 aliphatic rings. The van der Waals surface area contributed by atoms with Crippen molar-refractivity contribution in [2.24, 2.45) is 0 Å². The molecule has 10 heteroatoms. The third-order valence-corrected chi connectivity index (χ3v) is 7.34. The highest BCUT2D eigenvalue weighted by Gasteiger charge is 2.27. The van der Waals surface area contributed by atoms with Crippen LogP contribution in [0.15, 0.2) is 30.3 Å². The highest BCUT2D eigenvalue weighted by atomic mass is 16.5. The molecular weight excluding hydrogens is 484 g/mol. The van der Waals surface area contributed by atoms with Gasteiger partial charge in [-0.05, 0) is 51.1 Å². The first-order valence-electron chi connectivity index (χ1n) is 13.2. The van der Waals surface area contributed by atoms with Crippen LogP contribution >= 0.6 is 0 Å². The molecule has 1 amide bonds. The van der Waals surface area contributed by atoms with Crippen molar-refractivity contribution in [3.8, 4) is 17.0 Å². The van der Waals surface area contributed by atoms with E-state index in [1.807, 2.05) is 37.3 Å². The van der Waals surface area contributed by atoms with Crippen molar-refractivity contribution in [1.29, 1.82) is 0 Å². The Morgan fingerprint density at radius 1 is 1.03 bits per heavy atom. The monoisotopic (exact) mass is 520 g/mol. The maximum atomic E-state index is 13.0. The normalized spacial score (nSPS) is 20.0. The quantitative estimate of drug-likeness (QED) is 0.486. The van der Waals surface area contributed by atoms with Crippen LogP contribution in [-0.2, 0) is 9.47 Å². The number of hydrogen-bond acceptors (Lipinski definition) is 9. The molecule has 2 aromatic heterocycles. The van der Waals surface area contributed by atoms with E-state index in [0.717, 1.165) is 35.6 Å². The predicted molar refractivity (Wildman–Crippen MR) is 147 cm³/mol. The van der Waals surface area contributed by atoms with Gasteiger partial charge in [-0.25, -0.2) is 4.98 Å². The Hall–Kier alpha value is -3.50. The summed E-state index contributed by atoms with van der Waals surface area (Å²) in [4.78, 5) is 34.2. The molecule has 0 unspecified atom stereocenters. The number of benzene rings is 1. The van der Waals surface area contributed by atoms with Crippen molar-refractivity contribution in [3.05, 3.63) is 35.9 Å². The van der Waals surface area contributed by atoms with Gasteiger partial charge in [0.25, 0.3) is 5.91 Å². The maximum absolute atomic E-state index is 13.0. The maximum Gasteiger partial charge on any atom is 0.257 e. The Bertz CT molecular complexity index is 1320. The number of rotatable bonds is 6. The van der Waals surface area contributed by atoms with Crippen molar-refractivity contribution >= 4 is 28.7 Å². The third kappa shape index (κ3) is 4.98. The van der Waals surface area contributed by atoms with Crippen molar-refractivity contribution in [1.82, 2.24) is 19.9 Å². The van der Waals surface area contributed by atoms with E-state index in [1.165, 1.54) is 0 Å². The van der Waals surface area contributed by atoms with Crippen LogP contribution in [0.25, 0.3) is 22.3 Å². The van der Waals surface area contributed by atoms with Crippen molar-refractivity contribution in [2.75, 3.05) is 70.0 Å². The second-order valence-corrected chi connectivity index (χ2v) is 9.88. The molecule has 0 saturated carbocycles. The van der Waals surface area contributed by atoms with Crippen LogP contribution in [0.4, 0.5) is 11.8 Å². The van der Waals surface area contributed by atoms with Crippen molar-refractivity contribution in [3.63, 3.8) is 0 Å². The molecule has 10 nitrogen and oxygen atoms in total. The Morgan fingerprint density at radius 3 is 2.39 bits per heavy atom. The Kier molecular flexibility index (Phi) is 7.62. The summed E-state index contributed by atoms with van der Waals surface area (Å²) in [5.74, 6) is 1.96. The van der Waals surface area contributed by atoms with E-state index in [4.69, 9.17) is 29.2 Å². The van der Waals surface area contributed by atoms with Gasteiger partial charge >= 0.3 is 0 Å². The smallest absolute Gasteiger partial charge is 0.257 e. The zero-order valence-corrected chi connectivity index (χ0v) is 22.8. The molecule has 3 aromatic rings. The van der Waals surface area contributed by atoms with Crippen LogP contribution in [-0.4, -0.2) is 98.1 Å². The average Bonchev–Trinajstić information content (AvgIpc) is 2.95. The van der Waals surface area contributed by atoms with Gasteiger partial charge in [0, 0.05) is 32.2 Å².